The molecule has 0 aliphatic rings. The van der Waals surface area contributed by atoms with Gasteiger partial charge in [0.2, 0.25) is 0 Å². The van der Waals surface area contributed by atoms with E-state index in [1.165, 1.54) is 11.8 Å². The quantitative estimate of drug-likeness (QED) is 0.634. The lowest BCUT2D eigenvalue weighted by molar-refractivity contribution is 1.07. The summed E-state index contributed by atoms with van der Waals surface area (Å²) in [7, 11) is 1.88. The molecule has 2 rings (SSSR count). The Morgan fingerprint density at radius 2 is 1.78 bits per heavy atom. The summed E-state index contributed by atoms with van der Waals surface area (Å²) in [5.41, 5.74) is 8.07. The van der Waals surface area contributed by atoms with Gasteiger partial charge in [0, 0.05) is 25.1 Å². The second-order valence-electron chi connectivity index (χ2n) is 4.04. The van der Waals surface area contributed by atoms with Crippen LogP contribution in [0, 0.1) is 12.3 Å². The average molecular weight is 241 g/mol. The van der Waals surface area contributed by atoms with Gasteiger partial charge in [-0.1, -0.05) is 17.7 Å². The molecule has 18 heavy (non-hydrogen) atoms. The fourth-order valence-electron chi connectivity index (χ4n) is 1.66. The molecule has 2 aromatic rings. The molecule has 0 fully saturated rings. The van der Waals surface area contributed by atoms with E-state index in [1.807, 2.05) is 43.1 Å². The summed E-state index contributed by atoms with van der Waals surface area (Å²) < 4.78 is 0. The minimum atomic E-state index is -0.0861. The molecule has 0 saturated carbocycles. The molecule has 92 valence electrons. The Labute approximate surface area is 106 Å². The number of aromatic nitrogens is 2. The summed E-state index contributed by atoms with van der Waals surface area (Å²) in [5, 5.41) is 7.51. The van der Waals surface area contributed by atoms with Gasteiger partial charge >= 0.3 is 0 Å². The number of aryl methyl sites for hydroxylation is 1. The van der Waals surface area contributed by atoms with E-state index in [-0.39, 0.29) is 5.84 Å². The largest absolute Gasteiger partial charge is 0.382 e. The van der Waals surface area contributed by atoms with Crippen molar-refractivity contribution in [3.05, 3.63) is 47.9 Å². The smallest absolute Gasteiger partial charge is 0.162 e. The van der Waals surface area contributed by atoms with Crippen molar-refractivity contribution in [3.8, 4) is 0 Å². The maximum atomic E-state index is 7.51. The number of nitrogens with two attached hydrogens (primary N) is 1. The van der Waals surface area contributed by atoms with Crippen LogP contribution in [0.1, 0.15) is 11.3 Å². The van der Waals surface area contributed by atoms with Crippen molar-refractivity contribution in [3.63, 3.8) is 0 Å². The number of amidine groups is 1. The molecular formula is C13H15N5. The number of hydrogen-bond acceptors (Lipinski definition) is 4. The summed E-state index contributed by atoms with van der Waals surface area (Å²) in [6, 6.07) is 8.03. The van der Waals surface area contributed by atoms with Gasteiger partial charge in [-0.2, -0.15) is 0 Å². The predicted octanol–water partition coefficient (Wildman–Crippen LogP) is 1.84. The lowest BCUT2D eigenvalue weighted by Gasteiger charge is -2.20. The third-order valence-corrected chi connectivity index (χ3v) is 2.67. The van der Waals surface area contributed by atoms with Crippen LogP contribution < -0.4 is 10.6 Å². The van der Waals surface area contributed by atoms with Crippen molar-refractivity contribution >= 4 is 17.3 Å². The second kappa shape index (κ2) is 4.83. The van der Waals surface area contributed by atoms with E-state index in [0.717, 1.165) is 5.69 Å². The van der Waals surface area contributed by atoms with Crippen molar-refractivity contribution in [1.29, 1.82) is 5.41 Å². The minimum Gasteiger partial charge on any atom is -0.382 e. The van der Waals surface area contributed by atoms with Gasteiger partial charge in [0.15, 0.2) is 5.82 Å². The number of hydrogen-bond donors (Lipinski definition) is 2. The van der Waals surface area contributed by atoms with Gasteiger partial charge in [-0.15, -0.1) is 0 Å². The summed E-state index contributed by atoms with van der Waals surface area (Å²) >= 11 is 0. The molecule has 0 amide bonds. The summed E-state index contributed by atoms with van der Waals surface area (Å²) in [4.78, 5) is 10.2. The van der Waals surface area contributed by atoms with Crippen LogP contribution in [0.3, 0.4) is 0 Å². The van der Waals surface area contributed by atoms with Crippen molar-refractivity contribution in [2.24, 2.45) is 5.73 Å². The normalized spacial score (nSPS) is 10.1. The van der Waals surface area contributed by atoms with E-state index in [4.69, 9.17) is 11.1 Å². The number of nitrogen functional groups attached to an aromatic ring is 1. The van der Waals surface area contributed by atoms with Gasteiger partial charge in [-0.25, -0.2) is 9.97 Å². The average Bonchev–Trinajstić information content (AvgIpc) is 2.39. The van der Waals surface area contributed by atoms with Crippen molar-refractivity contribution in [2.75, 3.05) is 11.9 Å². The molecule has 0 aliphatic carbocycles. The monoisotopic (exact) mass is 241 g/mol. The standard InChI is InChI=1S/C13H15N5/c1-9-3-5-10(6-4-9)18(2)13-11(12(14)15)16-7-8-17-13/h3-8H,1-2H3,(H3,14,15). The molecular weight excluding hydrogens is 226 g/mol. The second-order valence-corrected chi connectivity index (χ2v) is 4.04. The van der Waals surface area contributed by atoms with E-state index in [0.29, 0.717) is 11.5 Å². The Kier molecular flexibility index (Phi) is 3.23. The van der Waals surface area contributed by atoms with Gasteiger partial charge < -0.3 is 10.6 Å². The van der Waals surface area contributed by atoms with E-state index >= 15 is 0 Å². The van der Waals surface area contributed by atoms with Crippen LogP contribution in [0.4, 0.5) is 11.5 Å². The van der Waals surface area contributed by atoms with Crippen LogP contribution in [-0.4, -0.2) is 22.9 Å². The van der Waals surface area contributed by atoms with E-state index < -0.39 is 0 Å². The Balaban J connectivity index is 2.42. The summed E-state index contributed by atoms with van der Waals surface area (Å²) in [6.07, 6.45) is 3.12. The summed E-state index contributed by atoms with van der Waals surface area (Å²) in [6.45, 7) is 2.03. The molecule has 3 N–H and O–H groups in total. The molecule has 0 bridgehead atoms. The predicted molar refractivity (Wildman–Crippen MR) is 72.3 cm³/mol. The molecule has 0 saturated heterocycles. The van der Waals surface area contributed by atoms with Crippen molar-refractivity contribution in [1.82, 2.24) is 9.97 Å². The van der Waals surface area contributed by atoms with Crippen LogP contribution in [-0.2, 0) is 0 Å². The number of nitrogens with zero attached hydrogens (tertiary/aromatic N) is 3. The molecule has 1 heterocycles. The van der Waals surface area contributed by atoms with Gasteiger partial charge in [0.05, 0.1) is 0 Å². The number of anilines is 2. The topological polar surface area (TPSA) is 78.9 Å². The molecule has 0 radical (unpaired) electrons. The Bertz CT molecular complexity index is 562. The van der Waals surface area contributed by atoms with Crippen LogP contribution in [0.25, 0.3) is 0 Å². The first-order chi connectivity index (χ1) is 8.59. The first-order valence-corrected chi connectivity index (χ1v) is 5.55. The van der Waals surface area contributed by atoms with Crippen LogP contribution in [0.15, 0.2) is 36.7 Å². The third-order valence-electron chi connectivity index (χ3n) is 2.67. The van der Waals surface area contributed by atoms with E-state index in [2.05, 4.69) is 9.97 Å². The maximum absolute atomic E-state index is 7.51. The van der Waals surface area contributed by atoms with E-state index in [9.17, 15) is 0 Å². The van der Waals surface area contributed by atoms with Crippen LogP contribution in [0.2, 0.25) is 0 Å². The molecule has 5 heteroatoms. The molecule has 5 nitrogen and oxygen atoms in total. The summed E-state index contributed by atoms with van der Waals surface area (Å²) in [5.74, 6) is 0.492. The fraction of sp³-hybridized carbons (Fsp3) is 0.154. The highest BCUT2D eigenvalue weighted by atomic mass is 15.2. The Morgan fingerprint density at radius 3 is 2.39 bits per heavy atom. The minimum absolute atomic E-state index is 0.0861. The highest BCUT2D eigenvalue weighted by molar-refractivity contribution is 5.98. The number of rotatable bonds is 3. The maximum Gasteiger partial charge on any atom is 0.162 e. The Hall–Kier alpha value is -2.43. The molecule has 0 spiro atoms. The van der Waals surface area contributed by atoms with Gasteiger partial charge in [-0.3, -0.25) is 5.41 Å². The highest BCUT2D eigenvalue weighted by Crippen LogP contribution is 2.23. The number of nitrogens with one attached hydrogen (secondary N) is 1. The van der Waals surface area contributed by atoms with Crippen molar-refractivity contribution in [2.45, 2.75) is 6.92 Å². The van der Waals surface area contributed by atoms with Gasteiger partial charge in [-0.05, 0) is 19.1 Å². The fourth-order valence-corrected chi connectivity index (χ4v) is 1.66. The van der Waals surface area contributed by atoms with Crippen LogP contribution >= 0.6 is 0 Å². The molecule has 0 aliphatic heterocycles. The highest BCUT2D eigenvalue weighted by Gasteiger charge is 2.13. The molecule has 1 aromatic heterocycles. The van der Waals surface area contributed by atoms with Crippen LogP contribution in [0.5, 0.6) is 0 Å². The van der Waals surface area contributed by atoms with Gasteiger partial charge in [0.1, 0.15) is 11.5 Å². The van der Waals surface area contributed by atoms with E-state index in [1.54, 1.807) is 6.20 Å². The lowest BCUT2D eigenvalue weighted by Crippen LogP contribution is -2.21. The Morgan fingerprint density at radius 1 is 1.17 bits per heavy atom. The molecule has 0 unspecified atom stereocenters. The first kappa shape index (κ1) is 12.0. The lowest BCUT2D eigenvalue weighted by atomic mass is 10.2. The van der Waals surface area contributed by atoms with Crippen molar-refractivity contribution < 1.29 is 0 Å². The zero-order chi connectivity index (χ0) is 13.1. The zero-order valence-corrected chi connectivity index (χ0v) is 10.4. The first-order valence-electron chi connectivity index (χ1n) is 5.55. The SMILES string of the molecule is Cc1ccc(N(C)c2nccnc2C(=N)N)cc1. The zero-order valence-electron chi connectivity index (χ0n) is 10.4. The molecule has 0 atom stereocenters. The number of benzene rings is 1. The van der Waals surface area contributed by atoms with Gasteiger partial charge in [0.25, 0.3) is 0 Å². The molecule has 1 aromatic carbocycles. The third kappa shape index (κ3) is 2.29.